The molecule has 0 aromatic carbocycles. The molecule has 4 heteroatoms. The number of pyridine rings is 1. The third kappa shape index (κ3) is 2.57. The van der Waals surface area contributed by atoms with Crippen LogP contribution in [0.3, 0.4) is 0 Å². The highest BCUT2D eigenvalue weighted by Crippen LogP contribution is 2.28. The highest BCUT2D eigenvalue weighted by molar-refractivity contribution is 5.95. The number of aryl methyl sites for hydroxylation is 1. The molecule has 0 aliphatic heterocycles. The molecule has 1 fully saturated rings. The smallest absolute Gasteiger partial charge is 0.254 e. The van der Waals surface area contributed by atoms with Crippen LogP contribution in [0, 0.1) is 6.92 Å². The van der Waals surface area contributed by atoms with Crippen molar-refractivity contribution < 1.29 is 4.79 Å². The van der Waals surface area contributed by atoms with Crippen molar-refractivity contribution in [1.82, 2.24) is 9.88 Å². The molecule has 4 nitrogen and oxygen atoms in total. The summed E-state index contributed by atoms with van der Waals surface area (Å²) < 4.78 is 0. The quantitative estimate of drug-likeness (QED) is 0.865. The fourth-order valence-corrected chi connectivity index (χ4v) is 2.04. The summed E-state index contributed by atoms with van der Waals surface area (Å²) in [5.41, 5.74) is 1.60. The molecule has 1 aliphatic carbocycles. The average molecular weight is 233 g/mol. The minimum atomic E-state index is 0.122. The first kappa shape index (κ1) is 11.9. The Morgan fingerprint density at radius 2 is 2.24 bits per heavy atom. The van der Waals surface area contributed by atoms with E-state index in [0.717, 1.165) is 36.5 Å². The van der Waals surface area contributed by atoms with Crippen molar-refractivity contribution in [2.75, 3.05) is 18.9 Å². The normalized spacial score (nSPS) is 14.5. The number of carbonyl (C=O) groups excluding carboxylic acids is 1. The summed E-state index contributed by atoms with van der Waals surface area (Å²) >= 11 is 0. The molecule has 1 N–H and O–H groups in total. The maximum atomic E-state index is 12.3. The van der Waals surface area contributed by atoms with Gasteiger partial charge in [-0.05, 0) is 38.8 Å². The lowest BCUT2D eigenvalue weighted by atomic mass is 10.2. The Bertz CT molecular complexity index is 427. The molecular weight excluding hydrogens is 214 g/mol. The van der Waals surface area contributed by atoms with Crippen LogP contribution >= 0.6 is 0 Å². The molecular formula is C13H19N3O. The van der Waals surface area contributed by atoms with Gasteiger partial charge in [-0.25, -0.2) is 4.98 Å². The van der Waals surface area contributed by atoms with Crippen molar-refractivity contribution in [2.45, 2.75) is 32.7 Å². The van der Waals surface area contributed by atoms with Gasteiger partial charge in [0.05, 0.1) is 0 Å². The highest BCUT2D eigenvalue weighted by atomic mass is 16.2. The van der Waals surface area contributed by atoms with Crippen LogP contribution in [0.1, 0.15) is 35.8 Å². The maximum absolute atomic E-state index is 12.3. The number of nitrogens with one attached hydrogen (secondary N) is 1. The number of aromatic nitrogens is 1. The minimum Gasteiger partial charge on any atom is -0.373 e. The molecule has 1 saturated carbocycles. The van der Waals surface area contributed by atoms with Crippen LogP contribution in [0.5, 0.6) is 0 Å². The monoisotopic (exact) mass is 233 g/mol. The standard InChI is InChI=1S/C13H19N3O/c1-4-16(11-5-6-11)13(17)10-7-9(2)15-12(8-10)14-3/h7-8,11H,4-6H2,1-3H3,(H,14,15). The fourth-order valence-electron chi connectivity index (χ4n) is 2.04. The summed E-state index contributed by atoms with van der Waals surface area (Å²) in [6.07, 6.45) is 2.28. The van der Waals surface area contributed by atoms with Gasteiger partial charge in [-0.1, -0.05) is 0 Å². The first-order chi connectivity index (χ1) is 8.15. The number of anilines is 1. The van der Waals surface area contributed by atoms with Gasteiger partial charge in [0, 0.05) is 30.9 Å². The summed E-state index contributed by atoms with van der Waals surface area (Å²) in [4.78, 5) is 18.6. The Balaban J connectivity index is 2.25. The van der Waals surface area contributed by atoms with Crippen LogP contribution < -0.4 is 5.32 Å². The van der Waals surface area contributed by atoms with Crippen molar-refractivity contribution in [2.24, 2.45) is 0 Å². The summed E-state index contributed by atoms with van der Waals surface area (Å²) in [7, 11) is 1.81. The van der Waals surface area contributed by atoms with Gasteiger partial charge in [0.25, 0.3) is 5.91 Å². The lowest BCUT2D eigenvalue weighted by Gasteiger charge is -2.20. The largest absolute Gasteiger partial charge is 0.373 e. The number of hydrogen-bond acceptors (Lipinski definition) is 3. The minimum absolute atomic E-state index is 0.122. The first-order valence-electron chi connectivity index (χ1n) is 6.13. The van der Waals surface area contributed by atoms with Crippen molar-refractivity contribution in [1.29, 1.82) is 0 Å². The Morgan fingerprint density at radius 3 is 2.76 bits per heavy atom. The molecule has 0 spiro atoms. The average Bonchev–Trinajstić information content (AvgIpc) is 3.13. The van der Waals surface area contributed by atoms with Crippen molar-refractivity contribution in [3.8, 4) is 0 Å². The molecule has 1 amide bonds. The molecule has 1 aromatic heterocycles. The Morgan fingerprint density at radius 1 is 1.53 bits per heavy atom. The first-order valence-corrected chi connectivity index (χ1v) is 6.13. The summed E-state index contributed by atoms with van der Waals surface area (Å²) in [5.74, 6) is 0.872. The summed E-state index contributed by atoms with van der Waals surface area (Å²) in [6.45, 7) is 4.72. The van der Waals surface area contributed by atoms with Crippen molar-refractivity contribution in [3.63, 3.8) is 0 Å². The van der Waals surface area contributed by atoms with Crippen molar-refractivity contribution >= 4 is 11.7 Å². The zero-order valence-corrected chi connectivity index (χ0v) is 10.7. The fraction of sp³-hybridized carbons (Fsp3) is 0.538. The van der Waals surface area contributed by atoms with E-state index >= 15 is 0 Å². The van der Waals surface area contributed by atoms with Crippen LogP contribution in [-0.2, 0) is 0 Å². The highest BCUT2D eigenvalue weighted by Gasteiger charge is 2.31. The molecule has 0 atom stereocenters. The second-order valence-corrected chi connectivity index (χ2v) is 4.45. The van der Waals surface area contributed by atoms with Gasteiger partial charge in [0.15, 0.2) is 0 Å². The SMILES string of the molecule is CCN(C(=O)c1cc(C)nc(NC)c1)C1CC1. The van der Waals surface area contributed by atoms with Gasteiger partial charge in [0.2, 0.25) is 0 Å². The second kappa shape index (κ2) is 4.73. The molecule has 1 heterocycles. The van der Waals surface area contributed by atoms with Crippen molar-refractivity contribution in [3.05, 3.63) is 23.4 Å². The van der Waals surface area contributed by atoms with E-state index in [2.05, 4.69) is 10.3 Å². The van der Waals surface area contributed by atoms with Crippen LogP contribution in [0.15, 0.2) is 12.1 Å². The van der Waals surface area contributed by atoms with E-state index < -0.39 is 0 Å². The van der Waals surface area contributed by atoms with Gasteiger partial charge in [0.1, 0.15) is 5.82 Å². The van der Waals surface area contributed by atoms with E-state index in [-0.39, 0.29) is 5.91 Å². The van der Waals surface area contributed by atoms with Crippen LogP contribution in [0.4, 0.5) is 5.82 Å². The van der Waals surface area contributed by atoms with E-state index in [4.69, 9.17) is 0 Å². The number of hydrogen-bond donors (Lipinski definition) is 1. The van der Waals surface area contributed by atoms with E-state index in [1.165, 1.54) is 0 Å². The predicted molar refractivity (Wildman–Crippen MR) is 68.3 cm³/mol. The lowest BCUT2D eigenvalue weighted by Crippen LogP contribution is -2.32. The molecule has 92 valence electrons. The predicted octanol–water partition coefficient (Wildman–Crippen LogP) is 2.06. The lowest BCUT2D eigenvalue weighted by molar-refractivity contribution is 0.0752. The van der Waals surface area contributed by atoms with E-state index in [1.807, 2.05) is 37.9 Å². The van der Waals surface area contributed by atoms with Gasteiger partial charge in [-0.15, -0.1) is 0 Å². The molecule has 0 saturated heterocycles. The third-order valence-electron chi connectivity index (χ3n) is 3.05. The van der Waals surface area contributed by atoms with Crippen LogP contribution in [0.2, 0.25) is 0 Å². The van der Waals surface area contributed by atoms with E-state index in [9.17, 15) is 4.79 Å². The van der Waals surface area contributed by atoms with Gasteiger partial charge in [-0.2, -0.15) is 0 Å². The van der Waals surface area contributed by atoms with Crippen LogP contribution in [0.25, 0.3) is 0 Å². The molecule has 0 unspecified atom stereocenters. The molecule has 0 radical (unpaired) electrons. The zero-order chi connectivity index (χ0) is 12.4. The third-order valence-corrected chi connectivity index (χ3v) is 3.05. The zero-order valence-electron chi connectivity index (χ0n) is 10.7. The van der Waals surface area contributed by atoms with Gasteiger partial charge in [-0.3, -0.25) is 4.79 Å². The van der Waals surface area contributed by atoms with Gasteiger partial charge >= 0.3 is 0 Å². The second-order valence-electron chi connectivity index (χ2n) is 4.45. The Hall–Kier alpha value is -1.58. The molecule has 1 aliphatic rings. The number of nitrogens with zero attached hydrogens (tertiary/aromatic N) is 2. The molecule has 1 aromatic rings. The maximum Gasteiger partial charge on any atom is 0.254 e. The van der Waals surface area contributed by atoms with Gasteiger partial charge < -0.3 is 10.2 Å². The van der Waals surface area contributed by atoms with Crippen LogP contribution in [-0.4, -0.2) is 35.4 Å². The summed E-state index contributed by atoms with van der Waals surface area (Å²) in [6, 6.07) is 4.13. The Labute approximate surface area is 102 Å². The number of amides is 1. The number of carbonyl (C=O) groups is 1. The molecule has 2 rings (SSSR count). The Kier molecular flexibility index (Phi) is 3.31. The molecule has 0 bridgehead atoms. The van der Waals surface area contributed by atoms with E-state index in [1.54, 1.807) is 0 Å². The topological polar surface area (TPSA) is 45.2 Å². The summed E-state index contributed by atoms with van der Waals surface area (Å²) in [5, 5.41) is 2.98. The number of rotatable bonds is 4. The molecule has 17 heavy (non-hydrogen) atoms. The van der Waals surface area contributed by atoms with E-state index in [0.29, 0.717) is 6.04 Å².